The van der Waals surface area contributed by atoms with E-state index in [1.54, 1.807) is 42.0 Å². The minimum absolute atomic E-state index is 0.0771. The number of hydrogen-bond donors (Lipinski definition) is 2. The molecular weight excluding hydrogens is 375 g/mol. The van der Waals surface area contributed by atoms with Gasteiger partial charge in [-0.15, -0.1) is 0 Å². The molecule has 9 heteroatoms. The molecule has 1 saturated heterocycles. The number of amides is 1. The summed E-state index contributed by atoms with van der Waals surface area (Å²) in [4.78, 5) is 25.7. The topological polar surface area (TPSA) is 93.4 Å². The van der Waals surface area contributed by atoms with Crippen molar-refractivity contribution in [3.8, 4) is 5.75 Å². The fourth-order valence-electron chi connectivity index (χ4n) is 3.28. The van der Waals surface area contributed by atoms with Crippen LogP contribution >= 0.6 is 0 Å². The van der Waals surface area contributed by atoms with E-state index in [4.69, 9.17) is 4.74 Å². The van der Waals surface area contributed by atoms with Crippen LogP contribution in [0.5, 0.6) is 5.75 Å². The van der Waals surface area contributed by atoms with E-state index in [-0.39, 0.29) is 11.8 Å². The van der Waals surface area contributed by atoms with Crippen LogP contribution in [-0.2, 0) is 0 Å². The number of ether oxygens (including phenoxy) is 1. The van der Waals surface area contributed by atoms with Crippen molar-refractivity contribution in [2.45, 2.75) is 13.0 Å². The Morgan fingerprint density at radius 1 is 1.24 bits per heavy atom. The van der Waals surface area contributed by atoms with Crippen molar-refractivity contribution in [2.75, 3.05) is 18.4 Å². The lowest BCUT2D eigenvalue weighted by Crippen LogP contribution is -2.50. The fraction of sp³-hybridized carbons (Fsp3) is 0.200. The number of benzene rings is 1. The molecule has 5 rings (SSSR count). The third kappa shape index (κ3) is 3.15. The third-order valence-electron chi connectivity index (χ3n) is 4.76. The summed E-state index contributed by atoms with van der Waals surface area (Å²) in [5, 5.41) is 5.87. The number of halogens is 1. The highest BCUT2D eigenvalue weighted by molar-refractivity contribution is 6.12. The minimum Gasteiger partial charge on any atom is -0.485 e. The van der Waals surface area contributed by atoms with Gasteiger partial charge in [0.1, 0.15) is 22.9 Å². The Hall–Kier alpha value is -3.59. The Morgan fingerprint density at radius 3 is 2.79 bits per heavy atom. The van der Waals surface area contributed by atoms with Crippen molar-refractivity contribution < 1.29 is 13.9 Å². The molecule has 146 valence electrons. The standard InChI is InChI=1S/C20H17FN6O2/c1-11-9-27-10-12(6-15(21)19(27)25-11)26-20(28)14-2-3-16(29-13-7-22-8-13)18-17(14)23-4-5-24-18/h2-6,9-10,13,22H,7-8H2,1H3,(H,26,28). The number of nitrogens with zero attached hydrogens (tertiary/aromatic N) is 4. The van der Waals surface area contributed by atoms with Crippen molar-refractivity contribution in [3.63, 3.8) is 0 Å². The fourth-order valence-corrected chi connectivity index (χ4v) is 3.28. The Kier molecular flexibility index (Phi) is 4.09. The Morgan fingerprint density at radius 2 is 2.03 bits per heavy atom. The lowest BCUT2D eigenvalue weighted by atomic mass is 10.1. The molecule has 0 saturated carbocycles. The van der Waals surface area contributed by atoms with Gasteiger partial charge in [-0.3, -0.25) is 9.78 Å². The first-order valence-corrected chi connectivity index (χ1v) is 9.16. The van der Waals surface area contributed by atoms with Crippen LogP contribution in [0.2, 0.25) is 0 Å². The summed E-state index contributed by atoms with van der Waals surface area (Å²) in [5.74, 6) is -0.348. The number of imidazole rings is 1. The normalized spacial score (nSPS) is 14.1. The van der Waals surface area contributed by atoms with Crippen LogP contribution in [0.15, 0.2) is 43.0 Å². The molecule has 0 radical (unpaired) electrons. The number of pyridine rings is 1. The average Bonchev–Trinajstić information content (AvgIpc) is 3.05. The predicted molar refractivity (Wildman–Crippen MR) is 105 cm³/mol. The molecule has 0 aliphatic carbocycles. The molecule has 1 aliphatic heterocycles. The molecule has 1 aromatic carbocycles. The molecule has 8 nitrogen and oxygen atoms in total. The largest absolute Gasteiger partial charge is 0.485 e. The van der Waals surface area contributed by atoms with E-state index >= 15 is 0 Å². The first-order valence-electron chi connectivity index (χ1n) is 9.16. The second-order valence-electron chi connectivity index (χ2n) is 6.91. The third-order valence-corrected chi connectivity index (χ3v) is 4.76. The molecule has 29 heavy (non-hydrogen) atoms. The van der Waals surface area contributed by atoms with Crippen LogP contribution in [0.3, 0.4) is 0 Å². The van der Waals surface area contributed by atoms with Crippen molar-refractivity contribution in [2.24, 2.45) is 0 Å². The van der Waals surface area contributed by atoms with Gasteiger partial charge in [0.05, 0.1) is 16.9 Å². The summed E-state index contributed by atoms with van der Waals surface area (Å²) < 4.78 is 21.8. The zero-order valence-electron chi connectivity index (χ0n) is 15.5. The maximum absolute atomic E-state index is 14.3. The summed E-state index contributed by atoms with van der Waals surface area (Å²) in [6.07, 6.45) is 6.46. The maximum atomic E-state index is 14.3. The first kappa shape index (κ1) is 17.5. The molecule has 0 bridgehead atoms. The minimum atomic E-state index is -0.515. The van der Waals surface area contributed by atoms with Crippen molar-refractivity contribution >= 4 is 28.3 Å². The van der Waals surface area contributed by atoms with E-state index in [1.165, 1.54) is 12.3 Å². The summed E-state index contributed by atoms with van der Waals surface area (Å²) in [6.45, 7) is 3.32. The van der Waals surface area contributed by atoms with Crippen molar-refractivity contribution in [3.05, 3.63) is 60.1 Å². The zero-order chi connectivity index (χ0) is 20.0. The second kappa shape index (κ2) is 6.78. The maximum Gasteiger partial charge on any atom is 0.257 e. The van der Waals surface area contributed by atoms with E-state index in [2.05, 4.69) is 25.6 Å². The lowest BCUT2D eigenvalue weighted by molar-refractivity contribution is 0.102. The van der Waals surface area contributed by atoms with Gasteiger partial charge in [0.2, 0.25) is 0 Å². The summed E-state index contributed by atoms with van der Waals surface area (Å²) in [7, 11) is 0. The second-order valence-corrected chi connectivity index (χ2v) is 6.91. The SMILES string of the molecule is Cc1cn2cc(NC(=O)c3ccc(OC4CNC4)c4nccnc34)cc(F)c2n1. The summed E-state index contributed by atoms with van der Waals surface area (Å²) in [5.41, 5.74) is 2.48. The molecular formula is C20H17FN6O2. The number of aromatic nitrogens is 4. The summed E-state index contributed by atoms with van der Waals surface area (Å²) >= 11 is 0. The number of carbonyl (C=O) groups is 1. The van der Waals surface area contributed by atoms with Crippen molar-refractivity contribution in [1.29, 1.82) is 0 Å². The van der Waals surface area contributed by atoms with Crippen LogP contribution in [-0.4, -0.2) is 44.5 Å². The molecule has 1 aliphatic rings. The van der Waals surface area contributed by atoms with Gasteiger partial charge in [-0.25, -0.2) is 14.4 Å². The molecule has 1 amide bonds. The van der Waals surface area contributed by atoms with E-state index < -0.39 is 11.7 Å². The monoisotopic (exact) mass is 392 g/mol. The van der Waals surface area contributed by atoms with E-state index in [1.807, 2.05) is 0 Å². The molecule has 4 aromatic rings. The van der Waals surface area contributed by atoms with Gasteiger partial charge in [0.25, 0.3) is 5.91 Å². The van der Waals surface area contributed by atoms with Gasteiger partial charge < -0.3 is 19.8 Å². The van der Waals surface area contributed by atoms with E-state index in [9.17, 15) is 9.18 Å². The van der Waals surface area contributed by atoms with Crippen LogP contribution in [0, 0.1) is 12.7 Å². The molecule has 1 fully saturated rings. The average molecular weight is 392 g/mol. The highest BCUT2D eigenvalue weighted by Crippen LogP contribution is 2.27. The number of aryl methyl sites for hydroxylation is 1. The molecule has 0 spiro atoms. The van der Waals surface area contributed by atoms with Crippen molar-refractivity contribution in [1.82, 2.24) is 24.7 Å². The number of rotatable bonds is 4. The number of anilines is 1. The number of nitrogens with one attached hydrogen (secondary N) is 2. The number of carbonyl (C=O) groups excluding carboxylic acids is 1. The van der Waals surface area contributed by atoms with Crippen LogP contribution in [0.1, 0.15) is 16.1 Å². The first-order chi connectivity index (χ1) is 14.1. The molecule has 3 aromatic heterocycles. The quantitative estimate of drug-likeness (QED) is 0.554. The molecule has 2 N–H and O–H groups in total. The highest BCUT2D eigenvalue weighted by Gasteiger charge is 2.22. The van der Waals surface area contributed by atoms with Gasteiger partial charge >= 0.3 is 0 Å². The molecule has 4 heterocycles. The van der Waals surface area contributed by atoms with Crippen LogP contribution in [0.25, 0.3) is 16.7 Å². The number of fused-ring (bicyclic) bond motifs is 2. The number of hydrogen-bond acceptors (Lipinski definition) is 6. The highest BCUT2D eigenvalue weighted by atomic mass is 19.1. The Labute approximate surface area is 164 Å². The van der Waals surface area contributed by atoms with Gasteiger partial charge in [0, 0.05) is 43.9 Å². The van der Waals surface area contributed by atoms with Crippen LogP contribution in [0.4, 0.5) is 10.1 Å². The molecule has 0 atom stereocenters. The Bertz CT molecular complexity index is 1250. The van der Waals surface area contributed by atoms with Gasteiger partial charge in [-0.1, -0.05) is 0 Å². The van der Waals surface area contributed by atoms with Gasteiger partial charge in [0.15, 0.2) is 11.5 Å². The van der Waals surface area contributed by atoms with Gasteiger partial charge in [-0.2, -0.15) is 0 Å². The Balaban J connectivity index is 1.49. The predicted octanol–water partition coefficient (Wildman–Crippen LogP) is 2.33. The van der Waals surface area contributed by atoms with Crippen LogP contribution < -0.4 is 15.4 Å². The lowest BCUT2D eigenvalue weighted by Gasteiger charge is -2.28. The smallest absolute Gasteiger partial charge is 0.257 e. The zero-order valence-corrected chi connectivity index (χ0v) is 15.5. The summed E-state index contributed by atoms with van der Waals surface area (Å²) in [6, 6.07) is 4.60. The van der Waals surface area contributed by atoms with E-state index in [0.29, 0.717) is 33.7 Å². The van der Waals surface area contributed by atoms with Gasteiger partial charge in [-0.05, 0) is 19.1 Å². The molecule has 0 unspecified atom stereocenters. The van der Waals surface area contributed by atoms with E-state index in [0.717, 1.165) is 13.1 Å².